The van der Waals surface area contributed by atoms with Crippen LogP contribution in [0.25, 0.3) is 38.3 Å². The predicted molar refractivity (Wildman–Crippen MR) is 348 cm³/mol. The number of benzene rings is 8. The fraction of sp³-hybridized carbons (Fsp3) is 0.368. The monoisotopic (exact) mass is 1050 g/mol. The molecule has 406 valence electrons. The highest BCUT2D eigenvalue weighted by Crippen LogP contribution is 2.52. The SMILES string of the molecule is CC(C)(C)c1ccc(N(c2ccc(C(C)(C)C)cc2)c2ccc3c(c2)-n2c4cc(cc5c4B3c3cc4c(cc3N5c3ccc5c(c3)C(C)(C)CCC5(C)C)C(C)(C)CCC4(C)C)c3cccc(c3)c3cc(C(C)(C)C)ccc32)cc1. The Bertz CT molecular complexity index is 4010. The number of fused-ring (bicyclic) bond motifs is 14. The maximum absolute atomic E-state index is 2.72. The summed E-state index contributed by atoms with van der Waals surface area (Å²) in [5, 5.41) is 4.96. The summed E-state index contributed by atoms with van der Waals surface area (Å²) in [5.41, 5.74) is 25.2. The number of anilines is 6. The number of nitrogens with zero attached hydrogens (tertiary/aromatic N) is 3. The van der Waals surface area contributed by atoms with Crippen molar-refractivity contribution < 1.29 is 0 Å². The Morgan fingerprint density at radius 1 is 0.388 bits per heavy atom. The van der Waals surface area contributed by atoms with Gasteiger partial charge in [-0.15, -0.1) is 0 Å². The van der Waals surface area contributed by atoms with Crippen molar-refractivity contribution in [1.82, 2.24) is 4.57 Å². The third kappa shape index (κ3) is 8.26. The van der Waals surface area contributed by atoms with Crippen molar-refractivity contribution in [3.8, 4) is 5.69 Å². The molecule has 8 aromatic carbocycles. The molecule has 4 aliphatic rings. The molecule has 4 bridgehead atoms. The molecule has 0 saturated carbocycles. The van der Waals surface area contributed by atoms with Gasteiger partial charge >= 0.3 is 0 Å². The number of hydrogen-bond donors (Lipinski definition) is 0. The topological polar surface area (TPSA) is 11.4 Å². The van der Waals surface area contributed by atoms with Crippen LogP contribution in [0.2, 0.25) is 0 Å². The van der Waals surface area contributed by atoms with Crippen LogP contribution in [0.5, 0.6) is 0 Å². The Balaban J connectivity index is 1.19. The van der Waals surface area contributed by atoms with Crippen LogP contribution in [-0.4, -0.2) is 11.3 Å². The fourth-order valence-corrected chi connectivity index (χ4v) is 14.6. The predicted octanol–water partition coefficient (Wildman–Crippen LogP) is 19.2. The Kier molecular flexibility index (Phi) is 11.4. The molecular weight excluding hydrogens is 966 g/mol. The van der Waals surface area contributed by atoms with E-state index in [0.717, 1.165) is 29.9 Å². The van der Waals surface area contributed by atoms with E-state index in [1.165, 1.54) is 124 Å². The molecule has 0 amide bonds. The van der Waals surface area contributed by atoms with E-state index in [4.69, 9.17) is 0 Å². The Labute approximate surface area is 479 Å². The van der Waals surface area contributed by atoms with Crippen molar-refractivity contribution in [3.63, 3.8) is 0 Å². The number of hydrogen-bond acceptors (Lipinski definition) is 2. The molecule has 2 aliphatic heterocycles. The summed E-state index contributed by atoms with van der Waals surface area (Å²) in [6.45, 7) is 40.7. The van der Waals surface area contributed by atoms with E-state index in [1.54, 1.807) is 0 Å². The van der Waals surface area contributed by atoms with Crippen LogP contribution in [-0.2, 0) is 37.9 Å². The molecule has 80 heavy (non-hydrogen) atoms. The highest BCUT2D eigenvalue weighted by atomic mass is 15.2. The lowest BCUT2D eigenvalue weighted by Gasteiger charge is -2.46. The second-order valence-corrected chi connectivity index (χ2v) is 30.5. The van der Waals surface area contributed by atoms with Gasteiger partial charge < -0.3 is 14.4 Å². The van der Waals surface area contributed by atoms with Crippen molar-refractivity contribution in [1.29, 1.82) is 0 Å². The van der Waals surface area contributed by atoms with Gasteiger partial charge in [0.15, 0.2) is 0 Å². The molecule has 0 saturated heterocycles. The lowest BCUT2D eigenvalue weighted by molar-refractivity contribution is 0.332. The zero-order valence-electron chi connectivity index (χ0n) is 51.2. The van der Waals surface area contributed by atoms with E-state index in [2.05, 4.69) is 284 Å². The molecule has 3 heterocycles. The van der Waals surface area contributed by atoms with Crippen LogP contribution < -0.4 is 26.2 Å². The molecule has 2 aliphatic carbocycles. The van der Waals surface area contributed by atoms with Crippen LogP contribution in [0, 0.1) is 0 Å². The largest absolute Gasteiger partial charge is 0.311 e. The molecular formula is C76H84BN3. The second-order valence-electron chi connectivity index (χ2n) is 30.5. The summed E-state index contributed by atoms with van der Waals surface area (Å²) in [6.07, 6.45) is 4.67. The van der Waals surface area contributed by atoms with Crippen molar-refractivity contribution in [2.45, 2.75) is 181 Å². The average Bonchev–Trinajstić information content (AvgIpc) is 3.62. The summed E-state index contributed by atoms with van der Waals surface area (Å²) in [6, 6.07) is 61.0. The van der Waals surface area contributed by atoms with Gasteiger partial charge in [-0.2, -0.15) is 0 Å². The lowest BCUT2D eigenvalue weighted by atomic mass is 9.33. The van der Waals surface area contributed by atoms with Gasteiger partial charge in [-0.3, -0.25) is 0 Å². The average molecular weight is 1050 g/mol. The smallest absolute Gasteiger partial charge is 0.252 e. The Morgan fingerprint density at radius 2 is 0.912 bits per heavy atom. The standard InChI is InChI=1S/C76H84BN3/c1-70(2,3)50-21-26-53(27-22-50)78(54-28-23-51(24-29-54)71(4,5)6)56-31-33-62-65(44-56)80-64-34-25-52(72(7,8)9)42-57(64)48-20-18-19-47(39-48)49-40-67-69(68(80)41-49)77(62)63-45-60-61(76(16,17)38-37-75(60,14)15)46-66(63)79(67)55-30-32-58-59(43-55)74(12,13)36-35-73(58,10)11/h18-34,39-46H,35-38H2,1-17H3. The highest BCUT2D eigenvalue weighted by Gasteiger charge is 2.46. The van der Waals surface area contributed by atoms with E-state index < -0.39 is 0 Å². The third-order valence-electron chi connectivity index (χ3n) is 20.0. The van der Waals surface area contributed by atoms with Crippen LogP contribution >= 0.6 is 0 Å². The van der Waals surface area contributed by atoms with E-state index in [9.17, 15) is 0 Å². The van der Waals surface area contributed by atoms with E-state index >= 15 is 0 Å². The normalized spacial score (nSPS) is 17.5. The zero-order valence-corrected chi connectivity index (χ0v) is 51.2. The maximum Gasteiger partial charge on any atom is 0.252 e. The molecule has 0 spiro atoms. The van der Waals surface area contributed by atoms with Gasteiger partial charge in [0, 0.05) is 50.7 Å². The van der Waals surface area contributed by atoms with Crippen LogP contribution in [0.15, 0.2) is 152 Å². The van der Waals surface area contributed by atoms with Gasteiger partial charge in [0.2, 0.25) is 0 Å². The van der Waals surface area contributed by atoms with Crippen molar-refractivity contribution in [3.05, 3.63) is 191 Å². The molecule has 0 radical (unpaired) electrons. The van der Waals surface area contributed by atoms with E-state index in [-0.39, 0.29) is 44.6 Å². The van der Waals surface area contributed by atoms with Crippen LogP contribution in [0.4, 0.5) is 34.1 Å². The zero-order chi connectivity index (χ0) is 56.6. The summed E-state index contributed by atoms with van der Waals surface area (Å²) >= 11 is 0. The molecule has 9 aromatic rings. The van der Waals surface area contributed by atoms with Gasteiger partial charge in [-0.1, -0.05) is 184 Å². The Morgan fingerprint density at radius 3 is 1.50 bits per heavy atom. The summed E-state index contributed by atoms with van der Waals surface area (Å²) in [5.74, 6) is 0. The maximum atomic E-state index is 2.72. The molecule has 0 N–H and O–H groups in total. The van der Waals surface area contributed by atoms with Gasteiger partial charge in [-0.05, 0) is 220 Å². The third-order valence-corrected chi connectivity index (χ3v) is 20.0. The quantitative estimate of drug-likeness (QED) is 0.163. The first-order valence-electron chi connectivity index (χ1n) is 30.0. The van der Waals surface area contributed by atoms with Crippen molar-refractivity contribution in [2.75, 3.05) is 9.80 Å². The molecule has 13 rings (SSSR count). The van der Waals surface area contributed by atoms with Gasteiger partial charge in [0.05, 0.1) is 5.52 Å². The molecule has 0 unspecified atom stereocenters. The summed E-state index contributed by atoms with van der Waals surface area (Å²) in [4.78, 5) is 5.22. The molecule has 0 atom stereocenters. The van der Waals surface area contributed by atoms with Gasteiger partial charge in [0.25, 0.3) is 6.71 Å². The minimum atomic E-state index is -0.0458. The minimum absolute atomic E-state index is 0.0184. The second kappa shape index (κ2) is 17.4. The van der Waals surface area contributed by atoms with Crippen LogP contribution in [0.1, 0.15) is 182 Å². The first-order valence-corrected chi connectivity index (χ1v) is 30.0. The molecule has 3 nitrogen and oxygen atoms in total. The van der Waals surface area contributed by atoms with Gasteiger partial charge in [-0.25, -0.2) is 0 Å². The number of rotatable bonds is 4. The summed E-state index contributed by atoms with van der Waals surface area (Å²) in [7, 11) is 0. The highest BCUT2D eigenvalue weighted by molar-refractivity contribution is 7.00. The molecule has 1 aromatic heterocycles. The van der Waals surface area contributed by atoms with E-state index in [1.807, 2.05) is 0 Å². The van der Waals surface area contributed by atoms with Crippen molar-refractivity contribution >= 4 is 89.8 Å². The first-order chi connectivity index (χ1) is 37.5. The lowest BCUT2D eigenvalue weighted by Crippen LogP contribution is -2.61. The molecule has 0 fully saturated rings. The molecule has 4 heteroatoms. The fourth-order valence-electron chi connectivity index (χ4n) is 14.6. The summed E-state index contributed by atoms with van der Waals surface area (Å²) < 4.78 is 2.69. The van der Waals surface area contributed by atoms with Crippen LogP contribution in [0.3, 0.4) is 0 Å². The number of aromatic nitrogens is 1. The minimum Gasteiger partial charge on any atom is -0.311 e. The first kappa shape index (κ1) is 52.6. The van der Waals surface area contributed by atoms with Crippen molar-refractivity contribution in [2.24, 2.45) is 0 Å². The Hall–Kier alpha value is -6.78. The van der Waals surface area contributed by atoms with Gasteiger partial charge in [0.1, 0.15) is 0 Å². The van der Waals surface area contributed by atoms with E-state index in [0.29, 0.717) is 0 Å².